The van der Waals surface area contributed by atoms with Crippen molar-refractivity contribution in [2.45, 2.75) is 106 Å². The Morgan fingerprint density at radius 1 is 1.00 bits per heavy atom. The molecule has 2 rings (SSSR count). The Kier molecular flexibility index (Phi) is 16.9. The first-order chi connectivity index (χ1) is 15.5. The fraction of sp³-hybridized carbons (Fsp3) is 0.654. The molecule has 0 aliphatic heterocycles. The molecule has 0 saturated heterocycles. The van der Waals surface area contributed by atoms with Gasteiger partial charge in [0.1, 0.15) is 0 Å². The van der Waals surface area contributed by atoms with E-state index in [1.54, 1.807) is 0 Å². The van der Waals surface area contributed by atoms with E-state index in [1.807, 2.05) is 58.9 Å². The first-order valence-corrected chi connectivity index (χ1v) is 12.3. The summed E-state index contributed by atoms with van der Waals surface area (Å²) in [6.07, 6.45) is 6.79. The second kappa shape index (κ2) is 18.2. The van der Waals surface area contributed by atoms with Gasteiger partial charge >= 0.3 is 5.97 Å². The predicted octanol–water partition coefficient (Wildman–Crippen LogP) is 6.53. The average molecular weight is 449 g/mol. The normalized spacial score (nSPS) is 11.0. The number of esters is 1. The largest absolute Gasteiger partial charge is 0.476 e. The SMILES string of the molecule is CC.CC.CCCCCCn1nc(OCCCCC(C)OC(C)=O)c2ccccc2c1=O. The quantitative estimate of drug-likeness (QED) is 0.273. The highest BCUT2D eigenvalue weighted by molar-refractivity contribution is 5.85. The lowest BCUT2D eigenvalue weighted by molar-refractivity contribution is -0.145. The molecule has 6 heteroatoms. The molecule has 1 atom stereocenters. The summed E-state index contributed by atoms with van der Waals surface area (Å²) in [5, 5.41) is 5.88. The molecule has 0 bridgehead atoms. The topological polar surface area (TPSA) is 70.4 Å². The average Bonchev–Trinajstić information content (AvgIpc) is 2.81. The number of hydrogen-bond donors (Lipinski definition) is 0. The van der Waals surface area contributed by atoms with Crippen molar-refractivity contribution >= 4 is 16.7 Å². The van der Waals surface area contributed by atoms with Gasteiger partial charge in [-0.05, 0) is 44.7 Å². The third kappa shape index (κ3) is 10.8. The molecule has 0 aliphatic carbocycles. The molecule has 0 N–H and O–H groups in total. The molecule has 0 fully saturated rings. The Morgan fingerprint density at radius 2 is 1.66 bits per heavy atom. The van der Waals surface area contributed by atoms with Gasteiger partial charge in [-0.3, -0.25) is 9.59 Å². The highest BCUT2D eigenvalue weighted by atomic mass is 16.5. The summed E-state index contributed by atoms with van der Waals surface area (Å²) in [6, 6.07) is 7.47. The van der Waals surface area contributed by atoms with Crippen molar-refractivity contribution in [2.24, 2.45) is 0 Å². The summed E-state index contributed by atoms with van der Waals surface area (Å²) in [6.45, 7) is 14.6. The number of unbranched alkanes of at least 4 members (excludes halogenated alkanes) is 4. The van der Waals surface area contributed by atoms with E-state index >= 15 is 0 Å². The maximum atomic E-state index is 12.7. The zero-order valence-corrected chi connectivity index (χ0v) is 21.3. The highest BCUT2D eigenvalue weighted by Gasteiger charge is 2.11. The lowest BCUT2D eigenvalue weighted by Crippen LogP contribution is -2.24. The maximum Gasteiger partial charge on any atom is 0.302 e. The number of carbonyl (C=O) groups excluding carboxylic acids is 1. The maximum absolute atomic E-state index is 12.7. The summed E-state index contributed by atoms with van der Waals surface area (Å²) in [7, 11) is 0. The van der Waals surface area contributed by atoms with E-state index in [0.29, 0.717) is 24.4 Å². The van der Waals surface area contributed by atoms with Crippen LogP contribution < -0.4 is 10.3 Å². The lowest BCUT2D eigenvalue weighted by atomic mass is 10.2. The number of fused-ring (bicyclic) bond motifs is 1. The highest BCUT2D eigenvalue weighted by Crippen LogP contribution is 2.20. The van der Waals surface area contributed by atoms with Gasteiger partial charge in [-0.15, -0.1) is 5.10 Å². The summed E-state index contributed by atoms with van der Waals surface area (Å²) in [5.41, 5.74) is -0.0605. The van der Waals surface area contributed by atoms with Crippen LogP contribution in [0.5, 0.6) is 5.88 Å². The van der Waals surface area contributed by atoms with Gasteiger partial charge in [0.2, 0.25) is 5.88 Å². The first-order valence-electron chi connectivity index (χ1n) is 12.3. The fourth-order valence-corrected chi connectivity index (χ4v) is 3.20. The van der Waals surface area contributed by atoms with Crippen LogP contribution in [0.15, 0.2) is 29.1 Å². The van der Waals surface area contributed by atoms with Gasteiger partial charge in [-0.1, -0.05) is 66.0 Å². The lowest BCUT2D eigenvalue weighted by Gasteiger charge is -2.13. The van der Waals surface area contributed by atoms with Gasteiger partial charge in [0.25, 0.3) is 5.56 Å². The van der Waals surface area contributed by atoms with Crippen LogP contribution in [0.4, 0.5) is 0 Å². The van der Waals surface area contributed by atoms with Crippen molar-refractivity contribution in [1.29, 1.82) is 0 Å². The molecule has 32 heavy (non-hydrogen) atoms. The van der Waals surface area contributed by atoms with Crippen molar-refractivity contribution in [3.8, 4) is 5.88 Å². The predicted molar refractivity (Wildman–Crippen MR) is 133 cm³/mol. The molecule has 1 aromatic carbocycles. The number of hydrogen-bond acceptors (Lipinski definition) is 5. The van der Waals surface area contributed by atoms with Crippen LogP contribution in [-0.2, 0) is 16.1 Å². The minimum absolute atomic E-state index is 0.0605. The van der Waals surface area contributed by atoms with Crippen LogP contribution in [0.25, 0.3) is 10.8 Å². The molecule has 0 radical (unpaired) electrons. The van der Waals surface area contributed by atoms with Gasteiger partial charge < -0.3 is 9.47 Å². The summed E-state index contributed by atoms with van der Waals surface area (Å²) < 4.78 is 12.6. The first kappa shape index (κ1) is 29.6. The van der Waals surface area contributed by atoms with E-state index < -0.39 is 0 Å². The molecule has 182 valence electrons. The van der Waals surface area contributed by atoms with E-state index in [9.17, 15) is 9.59 Å². The van der Waals surface area contributed by atoms with Crippen LogP contribution >= 0.6 is 0 Å². The molecule has 1 aromatic heterocycles. The minimum atomic E-state index is -0.249. The van der Waals surface area contributed by atoms with Crippen molar-refractivity contribution in [3.63, 3.8) is 0 Å². The number of carbonyl (C=O) groups is 1. The summed E-state index contributed by atoms with van der Waals surface area (Å²) in [4.78, 5) is 23.6. The van der Waals surface area contributed by atoms with Gasteiger partial charge in [0, 0.05) is 13.5 Å². The van der Waals surface area contributed by atoms with Crippen molar-refractivity contribution in [1.82, 2.24) is 9.78 Å². The molecule has 1 unspecified atom stereocenters. The molecular weight excluding hydrogens is 404 g/mol. The summed E-state index contributed by atoms with van der Waals surface area (Å²) >= 11 is 0. The Labute approximate surface area is 194 Å². The van der Waals surface area contributed by atoms with E-state index in [2.05, 4.69) is 12.0 Å². The second-order valence-corrected chi connectivity index (χ2v) is 7.20. The van der Waals surface area contributed by atoms with Gasteiger partial charge in [0.05, 0.1) is 23.5 Å². The van der Waals surface area contributed by atoms with Crippen molar-refractivity contribution in [3.05, 3.63) is 34.6 Å². The Bertz CT molecular complexity index is 817. The zero-order chi connectivity index (χ0) is 24.4. The molecule has 6 nitrogen and oxygen atoms in total. The molecule has 0 aliphatic rings. The molecule has 0 saturated carbocycles. The number of ether oxygens (including phenoxy) is 2. The minimum Gasteiger partial charge on any atom is -0.476 e. The van der Waals surface area contributed by atoms with Crippen LogP contribution in [0.2, 0.25) is 0 Å². The number of aryl methyl sites for hydroxylation is 1. The second-order valence-electron chi connectivity index (χ2n) is 7.20. The Balaban J connectivity index is 0.00000227. The van der Waals surface area contributed by atoms with Gasteiger partial charge in [-0.2, -0.15) is 0 Å². The van der Waals surface area contributed by atoms with Crippen LogP contribution in [0.1, 0.15) is 93.4 Å². The fourth-order valence-electron chi connectivity index (χ4n) is 3.20. The molecular formula is C26H44N2O4. The van der Waals surface area contributed by atoms with Crippen LogP contribution in [-0.4, -0.2) is 28.5 Å². The number of benzene rings is 1. The molecule has 2 aromatic rings. The van der Waals surface area contributed by atoms with Crippen LogP contribution in [0.3, 0.4) is 0 Å². The standard InChI is InChI=1S/C22H32N2O4.2C2H6/c1-4-5-6-10-15-24-22(26)20-14-8-7-13-19(20)21(23-24)27-16-11-9-12-17(2)28-18(3)25;2*1-2/h7-8,13-14,17H,4-6,9-12,15-16H2,1-3H3;2*1-2H3. The Hall–Kier alpha value is -2.37. The molecule has 0 spiro atoms. The van der Waals surface area contributed by atoms with E-state index in [-0.39, 0.29) is 17.6 Å². The molecule has 1 heterocycles. The monoisotopic (exact) mass is 448 g/mol. The number of nitrogens with zero attached hydrogens (tertiary/aromatic N) is 2. The van der Waals surface area contributed by atoms with Gasteiger partial charge in [0.15, 0.2) is 0 Å². The smallest absolute Gasteiger partial charge is 0.302 e. The Morgan fingerprint density at radius 3 is 2.28 bits per heavy atom. The number of rotatable bonds is 12. The zero-order valence-electron chi connectivity index (χ0n) is 21.3. The van der Waals surface area contributed by atoms with Gasteiger partial charge in [-0.25, -0.2) is 4.68 Å². The third-order valence-corrected chi connectivity index (χ3v) is 4.67. The van der Waals surface area contributed by atoms with Crippen molar-refractivity contribution < 1.29 is 14.3 Å². The van der Waals surface area contributed by atoms with E-state index in [4.69, 9.17) is 9.47 Å². The number of aromatic nitrogens is 2. The summed E-state index contributed by atoms with van der Waals surface area (Å²) in [5.74, 6) is 0.263. The molecule has 0 amide bonds. The van der Waals surface area contributed by atoms with E-state index in [1.165, 1.54) is 11.6 Å². The van der Waals surface area contributed by atoms with E-state index in [0.717, 1.165) is 50.3 Å². The third-order valence-electron chi connectivity index (χ3n) is 4.67. The van der Waals surface area contributed by atoms with Crippen molar-refractivity contribution in [2.75, 3.05) is 6.61 Å². The van der Waals surface area contributed by atoms with Crippen LogP contribution in [0, 0.1) is 0 Å².